The number of thioether (sulfide) groups is 1. The van der Waals surface area contributed by atoms with Gasteiger partial charge in [-0.1, -0.05) is 47.7 Å². The number of benzene rings is 2. The van der Waals surface area contributed by atoms with Crippen molar-refractivity contribution in [3.63, 3.8) is 0 Å². The number of hydrogen-bond donors (Lipinski definition) is 1. The Balaban J connectivity index is 1.56. The fourth-order valence-electron chi connectivity index (χ4n) is 2.96. The molecule has 2 aromatic heterocycles. The molecule has 0 bridgehead atoms. The predicted octanol–water partition coefficient (Wildman–Crippen LogP) is 3.74. The minimum Gasteiger partial charge on any atom is -0.358 e. The van der Waals surface area contributed by atoms with E-state index in [0.29, 0.717) is 5.16 Å². The molecule has 26 heavy (non-hydrogen) atoms. The van der Waals surface area contributed by atoms with Crippen LogP contribution >= 0.6 is 11.8 Å². The molecule has 0 unspecified atom stereocenters. The SMILES string of the molecule is Cc1ccc(-n2nnnc2SCC(=O)c2c(C)[nH]c3ccccc23)cc1. The molecule has 0 atom stereocenters. The number of fused-ring (bicyclic) bond motifs is 1. The predicted molar refractivity (Wildman–Crippen MR) is 102 cm³/mol. The molecule has 7 heteroatoms. The van der Waals surface area contributed by atoms with Gasteiger partial charge in [-0.05, 0) is 42.5 Å². The van der Waals surface area contributed by atoms with E-state index in [1.807, 2.05) is 62.4 Å². The van der Waals surface area contributed by atoms with E-state index < -0.39 is 0 Å². The summed E-state index contributed by atoms with van der Waals surface area (Å²) in [4.78, 5) is 16.1. The van der Waals surface area contributed by atoms with E-state index in [1.165, 1.54) is 17.3 Å². The third-order valence-electron chi connectivity index (χ3n) is 4.22. The first-order valence-electron chi connectivity index (χ1n) is 8.22. The minimum atomic E-state index is 0.0587. The van der Waals surface area contributed by atoms with E-state index >= 15 is 0 Å². The zero-order valence-electron chi connectivity index (χ0n) is 14.4. The Morgan fingerprint density at radius 1 is 1.12 bits per heavy atom. The van der Waals surface area contributed by atoms with Gasteiger partial charge in [-0.3, -0.25) is 4.79 Å². The molecule has 130 valence electrons. The van der Waals surface area contributed by atoms with Crippen LogP contribution in [0, 0.1) is 13.8 Å². The van der Waals surface area contributed by atoms with Gasteiger partial charge in [-0.2, -0.15) is 4.68 Å². The summed E-state index contributed by atoms with van der Waals surface area (Å²) in [5, 5.41) is 13.4. The highest BCUT2D eigenvalue weighted by Crippen LogP contribution is 2.25. The van der Waals surface area contributed by atoms with Crippen LogP contribution in [0.5, 0.6) is 0 Å². The van der Waals surface area contributed by atoms with Crippen LogP contribution in [-0.2, 0) is 0 Å². The number of tetrazole rings is 1. The number of rotatable bonds is 5. The van der Waals surface area contributed by atoms with Crippen LogP contribution in [0.1, 0.15) is 21.6 Å². The van der Waals surface area contributed by atoms with Gasteiger partial charge in [0.05, 0.1) is 11.4 Å². The molecule has 4 rings (SSSR count). The number of ketones is 1. The van der Waals surface area contributed by atoms with Crippen molar-refractivity contribution < 1.29 is 4.79 Å². The van der Waals surface area contributed by atoms with Crippen molar-refractivity contribution in [1.29, 1.82) is 0 Å². The van der Waals surface area contributed by atoms with Crippen LogP contribution in [0.15, 0.2) is 53.7 Å². The third-order valence-corrected chi connectivity index (χ3v) is 5.14. The Morgan fingerprint density at radius 2 is 1.88 bits per heavy atom. The Morgan fingerprint density at radius 3 is 2.69 bits per heavy atom. The van der Waals surface area contributed by atoms with Crippen molar-refractivity contribution in [2.24, 2.45) is 0 Å². The lowest BCUT2D eigenvalue weighted by molar-refractivity contribution is 0.102. The van der Waals surface area contributed by atoms with Crippen molar-refractivity contribution in [1.82, 2.24) is 25.2 Å². The van der Waals surface area contributed by atoms with Gasteiger partial charge in [0, 0.05) is 22.2 Å². The van der Waals surface area contributed by atoms with Gasteiger partial charge in [0.1, 0.15) is 0 Å². The summed E-state index contributed by atoms with van der Waals surface area (Å²) in [6, 6.07) is 15.8. The van der Waals surface area contributed by atoms with Crippen LogP contribution < -0.4 is 0 Å². The summed E-state index contributed by atoms with van der Waals surface area (Å²) in [5.74, 6) is 0.331. The lowest BCUT2D eigenvalue weighted by Gasteiger charge is -2.05. The number of Topliss-reactive ketones (excluding diaryl/α,β-unsaturated/α-hetero) is 1. The van der Waals surface area contributed by atoms with Crippen LogP contribution in [0.3, 0.4) is 0 Å². The maximum absolute atomic E-state index is 12.8. The number of nitrogens with zero attached hydrogens (tertiary/aromatic N) is 4. The van der Waals surface area contributed by atoms with Crippen LogP contribution in [0.4, 0.5) is 0 Å². The highest BCUT2D eigenvalue weighted by molar-refractivity contribution is 7.99. The van der Waals surface area contributed by atoms with Gasteiger partial charge >= 0.3 is 0 Å². The molecule has 0 aliphatic rings. The molecular weight excluding hydrogens is 346 g/mol. The monoisotopic (exact) mass is 363 g/mol. The molecule has 0 radical (unpaired) electrons. The van der Waals surface area contributed by atoms with Crippen molar-refractivity contribution in [2.45, 2.75) is 19.0 Å². The average Bonchev–Trinajstić information content (AvgIpc) is 3.23. The molecule has 0 aliphatic carbocycles. The fourth-order valence-corrected chi connectivity index (χ4v) is 3.72. The second-order valence-corrected chi connectivity index (χ2v) is 7.03. The van der Waals surface area contributed by atoms with E-state index in [4.69, 9.17) is 0 Å². The van der Waals surface area contributed by atoms with Crippen molar-refractivity contribution in [3.05, 3.63) is 65.4 Å². The number of H-pyrrole nitrogens is 1. The highest BCUT2D eigenvalue weighted by atomic mass is 32.2. The van der Waals surface area contributed by atoms with Crippen LogP contribution in [0.25, 0.3) is 16.6 Å². The average molecular weight is 363 g/mol. The zero-order valence-corrected chi connectivity index (χ0v) is 15.2. The van der Waals surface area contributed by atoms with E-state index in [2.05, 4.69) is 20.5 Å². The smallest absolute Gasteiger partial charge is 0.214 e. The molecule has 4 aromatic rings. The summed E-state index contributed by atoms with van der Waals surface area (Å²) in [7, 11) is 0. The molecule has 2 heterocycles. The van der Waals surface area contributed by atoms with Crippen LogP contribution in [0.2, 0.25) is 0 Å². The van der Waals surface area contributed by atoms with Gasteiger partial charge < -0.3 is 4.98 Å². The number of aromatic nitrogens is 5. The van der Waals surface area contributed by atoms with Gasteiger partial charge in [0.2, 0.25) is 5.16 Å². The summed E-state index contributed by atoms with van der Waals surface area (Å²) < 4.78 is 1.65. The highest BCUT2D eigenvalue weighted by Gasteiger charge is 2.18. The standard InChI is InChI=1S/C19H17N5OS/c1-12-7-9-14(10-8-12)24-19(21-22-23-24)26-11-17(25)18-13(2)20-16-6-4-3-5-15(16)18/h3-10,20H,11H2,1-2H3. The molecular formula is C19H17N5OS. The van der Waals surface area contributed by atoms with Gasteiger partial charge in [0.15, 0.2) is 5.78 Å². The molecule has 0 spiro atoms. The van der Waals surface area contributed by atoms with Gasteiger partial charge in [0.25, 0.3) is 0 Å². The largest absolute Gasteiger partial charge is 0.358 e. The second kappa shape index (κ2) is 6.76. The summed E-state index contributed by atoms with van der Waals surface area (Å²) in [6.07, 6.45) is 0. The summed E-state index contributed by atoms with van der Waals surface area (Å²) >= 11 is 1.34. The maximum atomic E-state index is 12.8. The molecule has 6 nitrogen and oxygen atoms in total. The van der Waals surface area contributed by atoms with Crippen molar-refractivity contribution in [3.8, 4) is 5.69 Å². The number of carbonyl (C=O) groups excluding carboxylic acids is 1. The lowest BCUT2D eigenvalue weighted by atomic mass is 10.1. The lowest BCUT2D eigenvalue weighted by Crippen LogP contribution is -2.06. The maximum Gasteiger partial charge on any atom is 0.214 e. The summed E-state index contributed by atoms with van der Waals surface area (Å²) in [6.45, 7) is 3.95. The Bertz CT molecular complexity index is 1080. The van der Waals surface area contributed by atoms with Crippen LogP contribution in [-0.4, -0.2) is 36.7 Å². The van der Waals surface area contributed by atoms with E-state index in [-0.39, 0.29) is 11.5 Å². The third kappa shape index (κ3) is 3.01. The quantitative estimate of drug-likeness (QED) is 0.432. The number of aromatic amines is 1. The molecule has 0 fully saturated rings. The number of aryl methyl sites for hydroxylation is 2. The Hall–Kier alpha value is -2.93. The summed E-state index contributed by atoms with van der Waals surface area (Å²) in [5.41, 5.74) is 4.64. The van der Waals surface area contributed by atoms with Gasteiger partial charge in [-0.25, -0.2) is 0 Å². The van der Waals surface area contributed by atoms with Crippen molar-refractivity contribution in [2.75, 3.05) is 5.75 Å². The Labute approximate surface area is 154 Å². The molecule has 0 saturated carbocycles. The molecule has 0 saturated heterocycles. The first kappa shape index (κ1) is 16.5. The first-order chi connectivity index (χ1) is 12.6. The van der Waals surface area contributed by atoms with E-state index in [1.54, 1.807) is 4.68 Å². The minimum absolute atomic E-state index is 0.0587. The molecule has 2 aromatic carbocycles. The normalized spacial score (nSPS) is 11.2. The number of carbonyl (C=O) groups is 1. The number of hydrogen-bond acceptors (Lipinski definition) is 5. The Kier molecular flexibility index (Phi) is 4.30. The number of nitrogens with one attached hydrogen (secondary N) is 1. The van der Waals surface area contributed by atoms with E-state index in [9.17, 15) is 4.79 Å². The first-order valence-corrected chi connectivity index (χ1v) is 9.21. The fraction of sp³-hybridized carbons (Fsp3) is 0.158. The second-order valence-electron chi connectivity index (χ2n) is 6.09. The molecule has 1 N–H and O–H groups in total. The van der Waals surface area contributed by atoms with Gasteiger partial charge in [-0.15, -0.1) is 5.10 Å². The number of para-hydroxylation sites is 1. The topological polar surface area (TPSA) is 76.5 Å². The van der Waals surface area contributed by atoms with E-state index in [0.717, 1.165) is 27.8 Å². The molecule has 0 aliphatic heterocycles. The molecule has 0 amide bonds. The van der Waals surface area contributed by atoms with Crippen molar-refractivity contribution >= 4 is 28.4 Å². The zero-order chi connectivity index (χ0) is 18.1.